The van der Waals surface area contributed by atoms with Crippen LogP contribution in [-0.2, 0) is 10.8 Å². The molecule has 6 rings (SSSR count). The van der Waals surface area contributed by atoms with Crippen LogP contribution in [-0.4, -0.2) is 9.97 Å². The van der Waals surface area contributed by atoms with Crippen LogP contribution >= 0.6 is 0 Å². The highest BCUT2D eigenvalue weighted by Gasteiger charge is 2.18. The standard InChI is InChI=1S/C38H36N2O/c1-37(2,3)29-15-17-39-33(23-29)27-19-25-11-7-9-13-31(25)35(21-27)41-36-22-28(20-26-12-8-10-14-32(26)36)34-24-30(16-18-40-34)38(4,5)6/h7-24H,1-6H3. The van der Waals surface area contributed by atoms with Crippen molar-refractivity contribution >= 4 is 21.5 Å². The minimum Gasteiger partial charge on any atom is -0.456 e. The zero-order valence-electron chi connectivity index (χ0n) is 24.7. The summed E-state index contributed by atoms with van der Waals surface area (Å²) >= 11 is 0. The van der Waals surface area contributed by atoms with Gasteiger partial charge in [0.1, 0.15) is 11.5 Å². The Balaban J connectivity index is 1.51. The molecule has 0 saturated carbocycles. The van der Waals surface area contributed by atoms with Gasteiger partial charge in [0.05, 0.1) is 11.4 Å². The van der Waals surface area contributed by atoms with Gasteiger partial charge in [-0.2, -0.15) is 0 Å². The van der Waals surface area contributed by atoms with Crippen molar-refractivity contribution in [1.29, 1.82) is 0 Å². The predicted molar refractivity (Wildman–Crippen MR) is 172 cm³/mol. The fourth-order valence-corrected chi connectivity index (χ4v) is 5.24. The quantitative estimate of drug-likeness (QED) is 0.225. The predicted octanol–water partition coefficient (Wildman–Crippen LogP) is 10.5. The summed E-state index contributed by atoms with van der Waals surface area (Å²) in [6.45, 7) is 13.4. The first kappa shape index (κ1) is 26.7. The number of aromatic nitrogens is 2. The maximum Gasteiger partial charge on any atom is 0.135 e. The first-order valence-electron chi connectivity index (χ1n) is 14.2. The first-order chi connectivity index (χ1) is 19.6. The Morgan fingerprint density at radius 1 is 0.488 bits per heavy atom. The van der Waals surface area contributed by atoms with Crippen LogP contribution in [0.25, 0.3) is 44.1 Å². The van der Waals surface area contributed by atoms with E-state index in [0.29, 0.717) is 0 Å². The molecule has 0 atom stereocenters. The number of ether oxygens (including phenoxy) is 1. The van der Waals surface area contributed by atoms with Gasteiger partial charge in [-0.3, -0.25) is 9.97 Å². The second-order valence-corrected chi connectivity index (χ2v) is 12.9. The van der Waals surface area contributed by atoms with Gasteiger partial charge in [0.25, 0.3) is 0 Å². The van der Waals surface area contributed by atoms with Gasteiger partial charge in [-0.15, -0.1) is 0 Å². The molecule has 0 aliphatic carbocycles. The molecule has 0 fully saturated rings. The van der Waals surface area contributed by atoms with E-state index in [-0.39, 0.29) is 10.8 Å². The van der Waals surface area contributed by atoms with Crippen LogP contribution in [0.4, 0.5) is 0 Å². The Morgan fingerprint density at radius 2 is 0.902 bits per heavy atom. The Hall–Kier alpha value is -4.50. The minimum absolute atomic E-state index is 0.0333. The van der Waals surface area contributed by atoms with E-state index < -0.39 is 0 Å². The highest BCUT2D eigenvalue weighted by molar-refractivity contribution is 5.95. The molecule has 0 spiro atoms. The molecule has 6 aromatic rings. The molecule has 0 aliphatic heterocycles. The summed E-state index contributed by atoms with van der Waals surface area (Å²) in [5.41, 5.74) is 6.51. The van der Waals surface area contributed by atoms with E-state index in [4.69, 9.17) is 14.7 Å². The van der Waals surface area contributed by atoms with E-state index in [2.05, 4.69) is 139 Å². The Morgan fingerprint density at radius 3 is 1.32 bits per heavy atom. The molecule has 0 bridgehead atoms. The van der Waals surface area contributed by atoms with Gasteiger partial charge in [-0.25, -0.2) is 0 Å². The Kier molecular flexibility index (Phi) is 6.62. The van der Waals surface area contributed by atoms with Crippen LogP contribution in [0.3, 0.4) is 0 Å². The summed E-state index contributed by atoms with van der Waals surface area (Å²) < 4.78 is 6.87. The molecule has 41 heavy (non-hydrogen) atoms. The van der Waals surface area contributed by atoms with E-state index in [9.17, 15) is 0 Å². The third kappa shape index (κ3) is 5.45. The summed E-state index contributed by atoms with van der Waals surface area (Å²) in [5.74, 6) is 1.61. The van der Waals surface area contributed by atoms with Gasteiger partial charge in [0.15, 0.2) is 0 Å². The van der Waals surface area contributed by atoms with Crippen LogP contribution < -0.4 is 4.74 Å². The molecule has 0 amide bonds. The van der Waals surface area contributed by atoms with Crippen molar-refractivity contribution < 1.29 is 4.74 Å². The van der Waals surface area contributed by atoms with Crippen molar-refractivity contribution in [3.05, 3.63) is 121 Å². The fraction of sp³-hybridized carbons (Fsp3) is 0.211. The number of fused-ring (bicyclic) bond motifs is 2. The van der Waals surface area contributed by atoms with Crippen molar-refractivity contribution in [2.24, 2.45) is 0 Å². The molecular weight excluding hydrogens is 500 g/mol. The third-order valence-electron chi connectivity index (χ3n) is 7.71. The molecule has 0 saturated heterocycles. The molecule has 0 radical (unpaired) electrons. The highest BCUT2D eigenvalue weighted by Crippen LogP contribution is 2.40. The van der Waals surface area contributed by atoms with E-state index in [1.54, 1.807) is 0 Å². The van der Waals surface area contributed by atoms with Crippen molar-refractivity contribution in [2.45, 2.75) is 52.4 Å². The molecule has 2 aromatic heterocycles. The van der Waals surface area contributed by atoms with Crippen LogP contribution in [0.1, 0.15) is 52.7 Å². The number of hydrogen-bond acceptors (Lipinski definition) is 3. The molecule has 0 unspecified atom stereocenters. The molecule has 0 aliphatic rings. The fourth-order valence-electron chi connectivity index (χ4n) is 5.24. The minimum atomic E-state index is 0.0333. The summed E-state index contributed by atoms with van der Waals surface area (Å²) in [6, 6.07) is 34.0. The average Bonchev–Trinajstić information content (AvgIpc) is 2.96. The van der Waals surface area contributed by atoms with E-state index >= 15 is 0 Å². The third-order valence-corrected chi connectivity index (χ3v) is 7.71. The lowest BCUT2D eigenvalue weighted by molar-refractivity contribution is 0.494. The highest BCUT2D eigenvalue weighted by atomic mass is 16.5. The van der Waals surface area contributed by atoms with Gasteiger partial charge in [-0.1, -0.05) is 90.1 Å². The molecular formula is C38H36N2O. The molecule has 204 valence electrons. The molecule has 3 heteroatoms. The summed E-state index contributed by atoms with van der Waals surface area (Å²) in [6.07, 6.45) is 3.81. The van der Waals surface area contributed by atoms with E-state index in [1.807, 2.05) is 12.4 Å². The smallest absolute Gasteiger partial charge is 0.135 e. The zero-order valence-corrected chi connectivity index (χ0v) is 24.7. The Bertz CT molecular complexity index is 1750. The average molecular weight is 537 g/mol. The molecule has 2 heterocycles. The number of pyridine rings is 2. The maximum atomic E-state index is 6.87. The zero-order chi connectivity index (χ0) is 28.8. The molecule has 4 aromatic carbocycles. The van der Waals surface area contributed by atoms with Crippen LogP contribution in [0.2, 0.25) is 0 Å². The number of hydrogen-bond donors (Lipinski definition) is 0. The van der Waals surface area contributed by atoms with Gasteiger partial charge in [-0.05, 0) is 81.3 Å². The molecule has 3 nitrogen and oxygen atoms in total. The van der Waals surface area contributed by atoms with Crippen molar-refractivity contribution in [3.63, 3.8) is 0 Å². The topological polar surface area (TPSA) is 35.0 Å². The van der Waals surface area contributed by atoms with Gasteiger partial charge < -0.3 is 4.74 Å². The maximum absolute atomic E-state index is 6.87. The summed E-state index contributed by atoms with van der Waals surface area (Å²) in [7, 11) is 0. The first-order valence-corrected chi connectivity index (χ1v) is 14.2. The second-order valence-electron chi connectivity index (χ2n) is 12.9. The largest absolute Gasteiger partial charge is 0.456 e. The summed E-state index contributed by atoms with van der Waals surface area (Å²) in [5, 5.41) is 4.35. The van der Waals surface area contributed by atoms with E-state index in [1.165, 1.54) is 11.1 Å². The lowest BCUT2D eigenvalue weighted by Crippen LogP contribution is -2.11. The van der Waals surface area contributed by atoms with Gasteiger partial charge in [0, 0.05) is 34.3 Å². The number of benzene rings is 4. The lowest BCUT2D eigenvalue weighted by Gasteiger charge is -2.20. The van der Waals surface area contributed by atoms with Crippen molar-refractivity contribution in [2.75, 3.05) is 0 Å². The Labute approximate surface area is 242 Å². The van der Waals surface area contributed by atoms with Gasteiger partial charge in [0.2, 0.25) is 0 Å². The lowest BCUT2D eigenvalue weighted by atomic mass is 9.87. The monoisotopic (exact) mass is 536 g/mol. The summed E-state index contributed by atoms with van der Waals surface area (Å²) in [4.78, 5) is 9.49. The van der Waals surface area contributed by atoms with Crippen LogP contribution in [0.15, 0.2) is 109 Å². The molecule has 0 N–H and O–H groups in total. The number of nitrogens with zero attached hydrogens (tertiary/aromatic N) is 2. The van der Waals surface area contributed by atoms with Gasteiger partial charge >= 0.3 is 0 Å². The second kappa shape index (κ2) is 10.2. The van der Waals surface area contributed by atoms with Crippen LogP contribution in [0.5, 0.6) is 11.5 Å². The normalized spacial score (nSPS) is 12.1. The van der Waals surface area contributed by atoms with Crippen LogP contribution in [0, 0.1) is 0 Å². The van der Waals surface area contributed by atoms with Crippen molar-refractivity contribution in [3.8, 4) is 34.0 Å². The van der Waals surface area contributed by atoms with Crippen molar-refractivity contribution in [1.82, 2.24) is 9.97 Å². The van der Waals surface area contributed by atoms with E-state index in [0.717, 1.165) is 55.6 Å². The number of rotatable bonds is 4. The SMILES string of the molecule is CC(C)(C)c1ccnc(-c2cc(Oc3cc(-c4cc(C(C)(C)C)ccn4)cc4ccccc34)c3ccccc3c2)c1.